The second kappa shape index (κ2) is 14.3. The number of phosphoric acid groups is 1. The lowest BCUT2D eigenvalue weighted by atomic mass is 10.0. The van der Waals surface area contributed by atoms with Gasteiger partial charge in [-0.2, -0.15) is 0 Å². The smallest absolute Gasteiger partial charge is 0.481 e. The zero-order valence-corrected chi connectivity index (χ0v) is 22.0. The van der Waals surface area contributed by atoms with Crippen LogP contribution < -0.4 is 15.2 Å². The molecule has 0 bridgehead atoms. The van der Waals surface area contributed by atoms with Gasteiger partial charge in [0.2, 0.25) is 17.7 Å². The highest BCUT2D eigenvalue weighted by atomic mass is 31.2. The number of likely N-dealkylation sites (N-methyl/N-ethyl adjacent to an activating group) is 1. The average molecular weight is 550 g/mol. The van der Waals surface area contributed by atoms with Gasteiger partial charge in [0.15, 0.2) is 0 Å². The molecule has 0 fully saturated rings. The lowest BCUT2D eigenvalue weighted by Crippen LogP contribution is -2.54. The Kier molecular flexibility index (Phi) is 11.5. The molecule has 2 aromatic rings. The zero-order chi connectivity index (χ0) is 28.3. The number of carbonyl (C=O) groups excluding carboxylic acids is 3. The molecule has 0 aliphatic carbocycles. The van der Waals surface area contributed by atoms with Crippen molar-refractivity contribution >= 4 is 31.5 Å². The minimum atomic E-state index is -4.73. The third-order valence-electron chi connectivity index (χ3n) is 5.50. The maximum absolute atomic E-state index is 13.1. The zero-order valence-electron chi connectivity index (χ0n) is 21.1. The fraction of sp³-hybridized carbons (Fsp3) is 0.360. The summed E-state index contributed by atoms with van der Waals surface area (Å²) in [4.78, 5) is 68.4. The number of nitrogens with one attached hydrogen (secondary N) is 2. The van der Waals surface area contributed by atoms with Crippen LogP contribution in [0.2, 0.25) is 0 Å². The van der Waals surface area contributed by atoms with Crippen molar-refractivity contribution < 1.29 is 43.2 Å². The van der Waals surface area contributed by atoms with E-state index in [4.69, 9.17) is 14.9 Å². The van der Waals surface area contributed by atoms with E-state index < -0.39 is 43.6 Å². The van der Waals surface area contributed by atoms with Gasteiger partial charge in [0.25, 0.3) is 0 Å². The van der Waals surface area contributed by atoms with Crippen molar-refractivity contribution in [1.82, 2.24) is 15.5 Å². The maximum Gasteiger partial charge on any atom is 0.524 e. The standard InChI is InChI=1S/C25H32N3O9P/c1-17(29)26-22(16-19-8-10-20(11-9-19)37-38(34,35)36)24(32)27-21(12-13-23(30)31)25(33)28(2)15-14-18-6-4-3-5-7-18/h3-11,21-22H,12-16H2,1-2H3,(H,26,29)(H,27,32)(H,30,31)(H2,34,35,36)/t21?,22-/m0/s1. The van der Waals surface area contributed by atoms with Gasteiger partial charge in [-0.1, -0.05) is 42.5 Å². The minimum Gasteiger partial charge on any atom is -0.481 e. The predicted molar refractivity (Wildman–Crippen MR) is 137 cm³/mol. The van der Waals surface area contributed by atoms with Crippen LogP contribution in [0.4, 0.5) is 0 Å². The molecular weight excluding hydrogens is 517 g/mol. The monoisotopic (exact) mass is 549 g/mol. The molecule has 12 nitrogen and oxygen atoms in total. The highest BCUT2D eigenvalue weighted by Gasteiger charge is 2.29. The van der Waals surface area contributed by atoms with Crippen molar-refractivity contribution in [3.8, 4) is 5.75 Å². The molecule has 2 atom stereocenters. The summed E-state index contributed by atoms with van der Waals surface area (Å²) >= 11 is 0. The van der Waals surface area contributed by atoms with Crippen LogP contribution in [0.1, 0.15) is 30.9 Å². The van der Waals surface area contributed by atoms with Gasteiger partial charge in [0, 0.05) is 33.4 Å². The molecule has 0 radical (unpaired) electrons. The molecular formula is C25H32N3O9P. The number of aliphatic carboxylic acids is 1. The molecule has 2 rings (SSSR count). The Morgan fingerprint density at radius 2 is 1.58 bits per heavy atom. The Balaban J connectivity index is 2.12. The second-order valence-electron chi connectivity index (χ2n) is 8.67. The van der Waals surface area contributed by atoms with E-state index in [1.54, 1.807) is 7.05 Å². The van der Waals surface area contributed by atoms with Crippen LogP contribution in [0.3, 0.4) is 0 Å². The van der Waals surface area contributed by atoms with Crippen molar-refractivity contribution in [2.45, 2.75) is 44.7 Å². The van der Waals surface area contributed by atoms with E-state index in [0.29, 0.717) is 18.5 Å². The SMILES string of the molecule is CC(=O)N[C@@H](Cc1ccc(OP(=O)(O)O)cc1)C(=O)NC(CCC(=O)O)C(=O)N(C)CCc1ccccc1. The molecule has 2 aromatic carbocycles. The molecule has 0 aliphatic rings. The van der Waals surface area contributed by atoms with E-state index in [-0.39, 0.29) is 25.0 Å². The van der Waals surface area contributed by atoms with Crippen molar-refractivity contribution in [3.05, 3.63) is 65.7 Å². The minimum absolute atomic E-state index is 0.00864. The average Bonchev–Trinajstić information content (AvgIpc) is 2.84. The molecule has 0 aromatic heterocycles. The first-order valence-corrected chi connectivity index (χ1v) is 13.3. The number of nitrogens with zero attached hydrogens (tertiary/aromatic N) is 1. The topological polar surface area (TPSA) is 183 Å². The molecule has 0 spiro atoms. The summed E-state index contributed by atoms with van der Waals surface area (Å²) in [6.07, 6.45) is 0.0655. The molecule has 13 heteroatoms. The first-order chi connectivity index (χ1) is 17.8. The number of phosphoric ester groups is 1. The van der Waals surface area contributed by atoms with Crippen LogP contribution >= 0.6 is 7.82 Å². The molecule has 1 unspecified atom stereocenters. The van der Waals surface area contributed by atoms with Gasteiger partial charge in [-0.15, -0.1) is 0 Å². The number of hydrogen-bond acceptors (Lipinski definition) is 6. The quantitative estimate of drug-likeness (QED) is 0.217. The highest BCUT2D eigenvalue weighted by molar-refractivity contribution is 7.46. The molecule has 0 saturated heterocycles. The van der Waals surface area contributed by atoms with Crippen molar-refractivity contribution in [3.63, 3.8) is 0 Å². The fourth-order valence-electron chi connectivity index (χ4n) is 3.63. The van der Waals surface area contributed by atoms with Crippen molar-refractivity contribution in [2.24, 2.45) is 0 Å². The van der Waals surface area contributed by atoms with Crippen molar-refractivity contribution in [1.29, 1.82) is 0 Å². The van der Waals surface area contributed by atoms with E-state index in [1.165, 1.54) is 36.1 Å². The summed E-state index contributed by atoms with van der Waals surface area (Å²) in [5.74, 6) is -2.85. The van der Waals surface area contributed by atoms with Crippen LogP contribution in [0.5, 0.6) is 5.75 Å². The number of carboxylic acids is 1. The fourth-order valence-corrected chi connectivity index (χ4v) is 4.03. The van der Waals surface area contributed by atoms with Gasteiger partial charge >= 0.3 is 13.8 Å². The van der Waals surface area contributed by atoms with Gasteiger partial charge in [-0.05, 0) is 36.1 Å². The van der Waals surface area contributed by atoms with Gasteiger partial charge in [-0.3, -0.25) is 29.0 Å². The summed E-state index contributed by atoms with van der Waals surface area (Å²) in [6.45, 7) is 1.57. The molecule has 0 aliphatic heterocycles. The number of amides is 3. The van der Waals surface area contributed by atoms with Crippen molar-refractivity contribution in [2.75, 3.05) is 13.6 Å². The largest absolute Gasteiger partial charge is 0.524 e. The van der Waals surface area contributed by atoms with Gasteiger partial charge in [0.1, 0.15) is 17.8 Å². The molecule has 38 heavy (non-hydrogen) atoms. The third kappa shape index (κ3) is 11.1. The van der Waals surface area contributed by atoms with Gasteiger partial charge in [0.05, 0.1) is 0 Å². The van der Waals surface area contributed by atoms with Crippen LogP contribution in [-0.4, -0.2) is 69.2 Å². The first-order valence-electron chi connectivity index (χ1n) is 11.8. The Morgan fingerprint density at radius 1 is 0.947 bits per heavy atom. The van der Waals surface area contributed by atoms with E-state index in [2.05, 4.69) is 15.2 Å². The van der Waals surface area contributed by atoms with Crippen LogP contribution in [0.15, 0.2) is 54.6 Å². The second-order valence-corrected chi connectivity index (χ2v) is 9.84. The number of rotatable bonds is 14. The normalized spacial score (nSPS) is 12.6. The Labute approximate surface area is 220 Å². The predicted octanol–water partition coefficient (Wildman–Crippen LogP) is 1.26. The van der Waals surface area contributed by atoms with E-state index in [0.717, 1.165) is 5.56 Å². The van der Waals surface area contributed by atoms with Gasteiger partial charge < -0.3 is 25.2 Å². The Morgan fingerprint density at radius 3 is 2.13 bits per heavy atom. The van der Waals surface area contributed by atoms with E-state index in [1.807, 2.05) is 30.3 Å². The highest BCUT2D eigenvalue weighted by Crippen LogP contribution is 2.37. The lowest BCUT2D eigenvalue weighted by molar-refractivity contribution is -0.139. The summed E-state index contributed by atoms with van der Waals surface area (Å²) in [6, 6.07) is 12.8. The molecule has 206 valence electrons. The summed E-state index contributed by atoms with van der Waals surface area (Å²) in [5.41, 5.74) is 1.55. The molecule has 0 saturated carbocycles. The van der Waals surface area contributed by atoms with Crippen LogP contribution in [0.25, 0.3) is 0 Å². The maximum atomic E-state index is 13.1. The number of carbonyl (C=O) groups is 4. The third-order valence-corrected chi connectivity index (χ3v) is 5.95. The molecule has 3 amide bonds. The Hall–Kier alpha value is -3.73. The molecule has 5 N–H and O–H groups in total. The number of carboxylic acid groups (broad SMARTS) is 1. The van der Waals surface area contributed by atoms with Gasteiger partial charge in [-0.25, -0.2) is 4.57 Å². The summed E-state index contributed by atoms with van der Waals surface area (Å²) in [5, 5.41) is 14.2. The summed E-state index contributed by atoms with van der Waals surface area (Å²) < 4.78 is 15.5. The van der Waals surface area contributed by atoms with E-state index >= 15 is 0 Å². The number of benzene rings is 2. The lowest BCUT2D eigenvalue weighted by Gasteiger charge is -2.26. The first kappa shape index (κ1) is 30.5. The molecule has 0 heterocycles. The van der Waals surface area contributed by atoms with Crippen LogP contribution in [-0.2, 0) is 36.6 Å². The summed E-state index contributed by atoms with van der Waals surface area (Å²) in [7, 11) is -3.17. The van der Waals surface area contributed by atoms with Crippen LogP contribution in [0, 0.1) is 0 Å². The van der Waals surface area contributed by atoms with E-state index in [9.17, 15) is 23.7 Å². The Bertz CT molecular complexity index is 1150. The number of hydrogen-bond donors (Lipinski definition) is 5.